The van der Waals surface area contributed by atoms with Crippen LogP contribution in [0.1, 0.15) is 50.6 Å². The number of nitrogens with one attached hydrogen (secondary N) is 1. The molecule has 18 heavy (non-hydrogen) atoms. The van der Waals surface area contributed by atoms with Crippen molar-refractivity contribution < 1.29 is 4.39 Å². The number of benzene rings is 1. The van der Waals surface area contributed by atoms with Crippen molar-refractivity contribution in [2.45, 2.75) is 45.1 Å². The fourth-order valence-electron chi connectivity index (χ4n) is 2.52. The minimum Gasteiger partial charge on any atom is -0.310 e. The average Bonchev–Trinajstić information content (AvgIpc) is 2.40. The maximum Gasteiger partial charge on any atom is 0.127 e. The van der Waals surface area contributed by atoms with Gasteiger partial charge in [-0.1, -0.05) is 29.8 Å². The molecule has 1 aromatic rings. The second kappa shape index (κ2) is 6.69. The third-order valence-electron chi connectivity index (χ3n) is 3.65. The molecule has 0 heterocycles. The molecule has 1 aliphatic carbocycles. The van der Waals surface area contributed by atoms with Gasteiger partial charge < -0.3 is 5.32 Å². The first kappa shape index (κ1) is 13.3. The summed E-state index contributed by atoms with van der Waals surface area (Å²) in [5.74, 6) is -0.116. The van der Waals surface area contributed by atoms with Crippen LogP contribution in [0.3, 0.4) is 0 Å². The van der Waals surface area contributed by atoms with Crippen LogP contribution in [0, 0.1) is 5.82 Å². The standard InChI is InChI=1S/C16H22FN/c1-13(15-9-5-6-10-16(15)17)18-12-11-14-7-3-2-4-8-14/h5-7,9-10,13,18H,2-4,8,11-12H2,1H3. The van der Waals surface area contributed by atoms with Gasteiger partial charge in [-0.3, -0.25) is 0 Å². The first-order chi connectivity index (χ1) is 8.77. The average molecular weight is 247 g/mol. The van der Waals surface area contributed by atoms with E-state index in [0.29, 0.717) is 0 Å². The smallest absolute Gasteiger partial charge is 0.127 e. The molecule has 0 amide bonds. The molecule has 1 N–H and O–H groups in total. The molecule has 1 aliphatic rings. The lowest BCUT2D eigenvalue weighted by Crippen LogP contribution is -2.21. The van der Waals surface area contributed by atoms with Gasteiger partial charge in [0.15, 0.2) is 0 Å². The highest BCUT2D eigenvalue weighted by Crippen LogP contribution is 2.20. The summed E-state index contributed by atoms with van der Waals surface area (Å²) < 4.78 is 13.6. The minimum atomic E-state index is -0.116. The van der Waals surface area contributed by atoms with Gasteiger partial charge in [-0.2, -0.15) is 0 Å². The monoisotopic (exact) mass is 247 g/mol. The Balaban J connectivity index is 1.80. The Hall–Kier alpha value is -1.15. The van der Waals surface area contributed by atoms with Crippen molar-refractivity contribution in [2.24, 2.45) is 0 Å². The van der Waals surface area contributed by atoms with E-state index < -0.39 is 0 Å². The Morgan fingerprint density at radius 3 is 2.83 bits per heavy atom. The SMILES string of the molecule is CC(NCCC1=CCCCC1)c1ccccc1F. The Kier molecular flexibility index (Phi) is 4.94. The molecule has 0 saturated carbocycles. The largest absolute Gasteiger partial charge is 0.310 e. The van der Waals surface area contributed by atoms with E-state index in [1.54, 1.807) is 11.6 Å². The van der Waals surface area contributed by atoms with Gasteiger partial charge in [0.1, 0.15) is 5.82 Å². The summed E-state index contributed by atoms with van der Waals surface area (Å²) in [4.78, 5) is 0. The van der Waals surface area contributed by atoms with Gasteiger partial charge in [0, 0.05) is 11.6 Å². The van der Waals surface area contributed by atoms with Gasteiger partial charge in [0.25, 0.3) is 0 Å². The van der Waals surface area contributed by atoms with E-state index in [9.17, 15) is 4.39 Å². The van der Waals surface area contributed by atoms with Crippen molar-refractivity contribution in [3.8, 4) is 0 Å². The maximum absolute atomic E-state index is 13.6. The van der Waals surface area contributed by atoms with E-state index in [1.807, 2.05) is 19.1 Å². The van der Waals surface area contributed by atoms with Crippen LogP contribution in [0.5, 0.6) is 0 Å². The van der Waals surface area contributed by atoms with E-state index in [-0.39, 0.29) is 11.9 Å². The molecule has 0 fully saturated rings. The lowest BCUT2D eigenvalue weighted by Gasteiger charge is -2.17. The lowest BCUT2D eigenvalue weighted by molar-refractivity contribution is 0.525. The zero-order valence-electron chi connectivity index (χ0n) is 11.1. The zero-order chi connectivity index (χ0) is 12.8. The second-order valence-corrected chi connectivity index (χ2v) is 5.06. The van der Waals surface area contributed by atoms with Crippen LogP contribution in [0.4, 0.5) is 4.39 Å². The van der Waals surface area contributed by atoms with Gasteiger partial charge >= 0.3 is 0 Å². The Morgan fingerprint density at radius 2 is 2.11 bits per heavy atom. The third kappa shape index (κ3) is 3.67. The van der Waals surface area contributed by atoms with E-state index in [4.69, 9.17) is 0 Å². The highest BCUT2D eigenvalue weighted by molar-refractivity contribution is 5.20. The van der Waals surface area contributed by atoms with Gasteiger partial charge in [0.05, 0.1) is 0 Å². The van der Waals surface area contributed by atoms with E-state index in [2.05, 4.69) is 11.4 Å². The highest BCUT2D eigenvalue weighted by Gasteiger charge is 2.09. The van der Waals surface area contributed by atoms with Gasteiger partial charge in [-0.25, -0.2) is 4.39 Å². The van der Waals surface area contributed by atoms with Crippen LogP contribution in [0.25, 0.3) is 0 Å². The molecular formula is C16H22FN. The van der Waals surface area contributed by atoms with Crippen molar-refractivity contribution in [1.82, 2.24) is 5.32 Å². The van der Waals surface area contributed by atoms with Crippen molar-refractivity contribution in [1.29, 1.82) is 0 Å². The highest BCUT2D eigenvalue weighted by atomic mass is 19.1. The molecular weight excluding hydrogens is 225 g/mol. The van der Waals surface area contributed by atoms with Crippen molar-refractivity contribution in [3.63, 3.8) is 0 Å². The molecule has 0 spiro atoms. The number of hydrogen-bond acceptors (Lipinski definition) is 1. The molecule has 2 rings (SSSR count). The molecule has 1 nitrogen and oxygen atoms in total. The van der Waals surface area contributed by atoms with E-state index in [1.165, 1.54) is 31.7 Å². The Labute approximate surface area is 109 Å². The molecule has 2 heteroatoms. The molecule has 1 unspecified atom stereocenters. The quantitative estimate of drug-likeness (QED) is 0.762. The Bertz CT molecular complexity index is 411. The molecule has 98 valence electrons. The number of hydrogen-bond donors (Lipinski definition) is 1. The van der Waals surface area contributed by atoms with E-state index >= 15 is 0 Å². The number of rotatable bonds is 5. The summed E-state index contributed by atoms with van der Waals surface area (Å²) in [5, 5.41) is 3.41. The fraction of sp³-hybridized carbons (Fsp3) is 0.500. The van der Waals surface area contributed by atoms with Gasteiger partial charge in [-0.15, -0.1) is 0 Å². The topological polar surface area (TPSA) is 12.0 Å². The number of halogens is 1. The van der Waals surface area contributed by atoms with Crippen molar-refractivity contribution >= 4 is 0 Å². The summed E-state index contributed by atoms with van der Waals surface area (Å²) in [7, 11) is 0. The predicted octanol–water partition coefficient (Wildman–Crippen LogP) is 4.37. The van der Waals surface area contributed by atoms with Crippen LogP contribution in [0.15, 0.2) is 35.9 Å². The summed E-state index contributed by atoms with van der Waals surface area (Å²) in [6.07, 6.45) is 8.61. The fourth-order valence-corrected chi connectivity index (χ4v) is 2.52. The first-order valence-corrected chi connectivity index (χ1v) is 6.93. The van der Waals surface area contributed by atoms with Crippen LogP contribution < -0.4 is 5.32 Å². The normalized spacial score (nSPS) is 17.3. The van der Waals surface area contributed by atoms with E-state index in [0.717, 1.165) is 18.5 Å². The molecule has 0 aromatic heterocycles. The van der Waals surface area contributed by atoms with Crippen LogP contribution in [-0.2, 0) is 0 Å². The first-order valence-electron chi connectivity index (χ1n) is 6.93. The Morgan fingerprint density at radius 1 is 1.28 bits per heavy atom. The van der Waals surface area contributed by atoms with Gasteiger partial charge in [0.2, 0.25) is 0 Å². The summed E-state index contributed by atoms with van der Waals surface area (Å²) in [5.41, 5.74) is 2.32. The molecule has 0 saturated heterocycles. The minimum absolute atomic E-state index is 0.0791. The van der Waals surface area contributed by atoms with Gasteiger partial charge in [-0.05, 0) is 51.6 Å². The molecule has 0 aliphatic heterocycles. The predicted molar refractivity (Wildman–Crippen MR) is 74.0 cm³/mol. The molecule has 1 atom stereocenters. The molecule has 0 radical (unpaired) electrons. The zero-order valence-corrected chi connectivity index (χ0v) is 11.1. The number of allylic oxidation sites excluding steroid dienone is 1. The van der Waals surface area contributed by atoms with Crippen molar-refractivity contribution in [3.05, 3.63) is 47.3 Å². The molecule has 1 aromatic carbocycles. The lowest BCUT2D eigenvalue weighted by atomic mass is 9.97. The molecule has 0 bridgehead atoms. The van der Waals surface area contributed by atoms with Crippen LogP contribution >= 0.6 is 0 Å². The third-order valence-corrected chi connectivity index (χ3v) is 3.65. The second-order valence-electron chi connectivity index (χ2n) is 5.06. The van der Waals surface area contributed by atoms with Crippen LogP contribution in [-0.4, -0.2) is 6.54 Å². The van der Waals surface area contributed by atoms with Crippen LogP contribution in [0.2, 0.25) is 0 Å². The summed E-state index contributed by atoms with van der Waals surface area (Å²) >= 11 is 0. The summed E-state index contributed by atoms with van der Waals surface area (Å²) in [6.45, 7) is 2.95. The van der Waals surface area contributed by atoms with Crippen molar-refractivity contribution in [2.75, 3.05) is 6.54 Å². The maximum atomic E-state index is 13.6. The summed E-state index contributed by atoms with van der Waals surface area (Å²) in [6, 6.07) is 7.08.